The summed E-state index contributed by atoms with van der Waals surface area (Å²) in [5.41, 5.74) is 3.68. The zero-order chi connectivity index (χ0) is 25.4. The fourth-order valence-corrected chi connectivity index (χ4v) is 4.53. The van der Waals surface area contributed by atoms with Crippen molar-refractivity contribution >= 4 is 11.8 Å². The summed E-state index contributed by atoms with van der Waals surface area (Å²) in [6, 6.07) is 9.65. The van der Waals surface area contributed by atoms with Crippen LogP contribution in [-0.2, 0) is 11.3 Å². The van der Waals surface area contributed by atoms with E-state index in [0.717, 1.165) is 29.5 Å². The van der Waals surface area contributed by atoms with Gasteiger partial charge >= 0.3 is 0 Å². The highest BCUT2D eigenvalue weighted by molar-refractivity contribution is 5.95. The first-order valence-corrected chi connectivity index (χ1v) is 12.6. The molecule has 7 heteroatoms. The molecule has 1 saturated heterocycles. The molecule has 0 radical (unpaired) electrons. The molecule has 0 bridgehead atoms. The maximum Gasteiger partial charge on any atom is 0.253 e. The van der Waals surface area contributed by atoms with Crippen molar-refractivity contribution in [3.8, 4) is 17.2 Å². The molecule has 0 aromatic heterocycles. The van der Waals surface area contributed by atoms with E-state index in [2.05, 4.69) is 11.4 Å². The van der Waals surface area contributed by atoms with Gasteiger partial charge in [-0.1, -0.05) is 17.2 Å². The molecule has 7 nitrogen and oxygen atoms in total. The summed E-state index contributed by atoms with van der Waals surface area (Å²) in [5, 5.41) is 3.05. The lowest BCUT2D eigenvalue weighted by Gasteiger charge is -2.32. The van der Waals surface area contributed by atoms with Crippen LogP contribution >= 0.6 is 0 Å². The van der Waals surface area contributed by atoms with Crippen LogP contribution in [0.3, 0.4) is 0 Å². The number of amides is 2. The molecule has 1 atom stereocenters. The van der Waals surface area contributed by atoms with Gasteiger partial charge in [0.15, 0.2) is 11.5 Å². The van der Waals surface area contributed by atoms with Gasteiger partial charge < -0.3 is 24.4 Å². The number of benzene rings is 2. The second-order valence-corrected chi connectivity index (χ2v) is 8.90. The molecule has 2 aromatic rings. The van der Waals surface area contributed by atoms with Gasteiger partial charge in [0.2, 0.25) is 11.7 Å². The Morgan fingerprint density at radius 2 is 1.51 bits per heavy atom. The van der Waals surface area contributed by atoms with Crippen molar-refractivity contribution in [2.45, 2.75) is 54.0 Å². The molecular formula is C28H38N2O5. The van der Waals surface area contributed by atoms with Crippen LogP contribution in [-0.4, -0.2) is 49.6 Å². The number of hydrogen-bond acceptors (Lipinski definition) is 5. The highest BCUT2D eigenvalue weighted by Crippen LogP contribution is 2.39. The highest BCUT2D eigenvalue weighted by atomic mass is 16.5. The van der Waals surface area contributed by atoms with E-state index in [1.807, 2.05) is 58.9 Å². The molecule has 0 saturated carbocycles. The molecule has 0 aliphatic carbocycles. The zero-order valence-electron chi connectivity index (χ0n) is 21.6. The Bertz CT molecular complexity index is 989. The van der Waals surface area contributed by atoms with Crippen LogP contribution in [0.5, 0.6) is 17.2 Å². The Morgan fingerprint density at radius 3 is 2.09 bits per heavy atom. The Hall–Kier alpha value is -3.22. The minimum Gasteiger partial charge on any atom is -0.490 e. The molecule has 0 spiro atoms. The first kappa shape index (κ1) is 26.4. The molecule has 1 heterocycles. The number of likely N-dealkylation sites (tertiary alicyclic amines) is 1. The highest BCUT2D eigenvalue weighted by Gasteiger charge is 2.29. The maximum absolute atomic E-state index is 13.1. The summed E-state index contributed by atoms with van der Waals surface area (Å²) >= 11 is 0. The van der Waals surface area contributed by atoms with Gasteiger partial charge in [-0.25, -0.2) is 0 Å². The average Bonchev–Trinajstić information content (AvgIpc) is 2.84. The van der Waals surface area contributed by atoms with E-state index in [1.54, 1.807) is 4.90 Å². The lowest BCUT2D eigenvalue weighted by molar-refractivity contribution is -0.126. The first-order chi connectivity index (χ1) is 16.9. The van der Waals surface area contributed by atoms with Crippen molar-refractivity contribution in [3.63, 3.8) is 0 Å². The van der Waals surface area contributed by atoms with Crippen LogP contribution in [0.15, 0.2) is 30.3 Å². The Labute approximate surface area is 208 Å². The van der Waals surface area contributed by atoms with E-state index >= 15 is 0 Å². The van der Waals surface area contributed by atoms with Crippen molar-refractivity contribution in [1.29, 1.82) is 0 Å². The lowest BCUT2D eigenvalue weighted by Crippen LogP contribution is -2.45. The summed E-state index contributed by atoms with van der Waals surface area (Å²) in [6.45, 7) is 12.6. The minimum absolute atomic E-state index is 0.0106. The van der Waals surface area contributed by atoms with Gasteiger partial charge in [-0.2, -0.15) is 0 Å². The molecule has 190 valence electrons. The Kier molecular flexibility index (Phi) is 9.40. The predicted molar refractivity (Wildman–Crippen MR) is 136 cm³/mol. The number of rotatable bonds is 10. The summed E-state index contributed by atoms with van der Waals surface area (Å²) in [7, 11) is 0. The lowest BCUT2D eigenvalue weighted by atomic mass is 9.96. The van der Waals surface area contributed by atoms with Crippen molar-refractivity contribution in [2.75, 3.05) is 32.9 Å². The summed E-state index contributed by atoms with van der Waals surface area (Å²) in [4.78, 5) is 27.9. The number of carbonyl (C=O) groups is 2. The molecular weight excluding hydrogens is 444 g/mol. The second-order valence-electron chi connectivity index (χ2n) is 8.90. The largest absolute Gasteiger partial charge is 0.490 e. The molecule has 0 unspecified atom stereocenters. The van der Waals surface area contributed by atoms with Gasteiger partial charge in [-0.05, 0) is 77.3 Å². The molecule has 1 aliphatic rings. The van der Waals surface area contributed by atoms with Crippen molar-refractivity contribution < 1.29 is 23.8 Å². The molecule has 2 amide bonds. The number of nitrogens with one attached hydrogen (secondary N) is 1. The van der Waals surface area contributed by atoms with Gasteiger partial charge in [0.05, 0.1) is 25.7 Å². The summed E-state index contributed by atoms with van der Waals surface area (Å²) < 4.78 is 17.3. The Morgan fingerprint density at radius 1 is 0.914 bits per heavy atom. The van der Waals surface area contributed by atoms with Gasteiger partial charge in [-0.3, -0.25) is 9.59 Å². The minimum atomic E-state index is -0.237. The van der Waals surface area contributed by atoms with Gasteiger partial charge in [0.1, 0.15) is 0 Å². The summed E-state index contributed by atoms with van der Waals surface area (Å²) in [5.74, 6) is 1.49. The van der Waals surface area contributed by atoms with Crippen LogP contribution in [0.1, 0.15) is 60.7 Å². The third-order valence-electron chi connectivity index (χ3n) is 5.98. The number of ether oxygens (including phenoxy) is 3. The molecule has 35 heavy (non-hydrogen) atoms. The normalized spacial score (nSPS) is 15.5. The van der Waals surface area contributed by atoms with Crippen molar-refractivity contribution in [1.82, 2.24) is 10.2 Å². The number of carbonyl (C=O) groups excluding carboxylic acids is 2. The number of aryl methyl sites for hydroxylation is 2. The van der Waals surface area contributed by atoms with E-state index in [4.69, 9.17) is 14.2 Å². The second kappa shape index (κ2) is 12.5. The standard InChI is InChI=1S/C28H38N2O5/c1-6-33-24-15-21(16-25(34-7-2)26(24)35-8-3)17-29-27(31)22-10-9-11-30(18-22)28(32)23-13-19(4)12-20(5)14-23/h12-16,22H,6-11,17-18H2,1-5H3,(H,29,31)/t22-/m0/s1. The molecule has 2 aromatic carbocycles. The molecule has 1 N–H and O–H groups in total. The number of hydrogen-bond donors (Lipinski definition) is 1. The van der Waals surface area contributed by atoms with Gasteiger partial charge in [0, 0.05) is 25.2 Å². The van der Waals surface area contributed by atoms with E-state index in [9.17, 15) is 9.59 Å². The van der Waals surface area contributed by atoms with Gasteiger partial charge in [-0.15, -0.1) is 0 Å². The fraction of sp³-hybridized carbons (Fsp3) is 0.500. The number of piperidine rings is 1. The van der Waals surface area contributed by atoms with Crippen LogP contribution in [0.25, 0.3) is 0 Å². The van der Waals surface area contributed by atoms with Crippen LogP contribution in [0.4, 0.5) is 0 Å². The van der Waals surface area contributed by atoms with Gasteiger partial charge in [0.25, 0.3) is 5.91 Å². The van der Waals surface area contributed by atoms with Crippen LogP contribution < -0.4 is 19.5 Å². The predicted octanol–water partition coefficient (Wildman–Crippen LogP) is 4.67. The quantitative estimate of drug-likeness (QED) is 0.533. The van der Waals surface area contributed by atoms with Crippen molar-refractivity contribution in [2.24, 2.45) is 5.92 Å². The third-order valence-corrected chi connectivity index (χ3v) is 5.98. The smallest absolute Gasteiger partial charge is 0.253 e. The monoisotopic (exact) mass is 482 g/mol. The van der Waals surface area contributed by atoms with E-state index in [-0.39, 0.29) is 17.7 Å². The van der Waals surface area contributed by atoms with Crippen molar-refractivity contribution in [3.05, 3.63) is 52.6 Å². The van der Waals surface area contributed by atoms with E-state index in [1.165, 1.54) is 0 Å². The topological polar surface area (TPSA) is 77.1 Å². The van der Waals surface area contributed by atoms with E-state index in [0.29, 0.717) is 62.3 Å². The van der Waals surface area contributed by atoms with Crippen LogP contribution in [0, 0.1) is 19.8 Å². The number of nitrogens with zero attached hydrogens (tertiary/aromatic N) is 1. The SMILES string of the molecule is CCOc1cc(CNC(=O)[C@H]2CCCN(C(=O)c3cc(C)cc(C)c3)C2)cc(OCC)c1OCC. The Balaban J connectivity index is 1.68. The zero-order valence-corrected chi connectivity index (χ0v) is 21.6. The molecule has 1 fully saturated rings. The third kappa shape index (κ3) is 6.90. The fourth-order valence-electron chi connectivity index (χ4n) is 4.53. The molecule has 3 rings (SSSR count). The first-order valence-electron chi connectivity index (χ1n) is 12.6. The van der Waals surface area contributed by atoms with E-state index < -0.39 is 0 Å². The maximum atomic E-state index is 13.1. The molecule has 1 aliphatic heterocycles. The summed E-state index contributed by atoms with van der Waals surface area (Å²) in [6.07, 6.45) is 1.57. The average molecular weight is 483 g/mol. The van der Waals surface area contributed by atoms with Crippen LogP contribution in [0.2, 0.25) is 0 Å².